The molecule has 0 aliphatic rings. The van der Waals surface area contributed by atoms with Crippen molar-refractivity contribution in [2.75, 3.05) is 0 Å². The zero-order chi connectivity index (χ0) is 17.0. The minimum absolute atomic E-state index is 0.0607. The average molecular weight is 332 g/mol. The summed E-state index contributed by atoms with van der Waals surface area (Å²) in [4.78, 5) is 0.604. The van der Waals surface area contributed by atoms with Gasteiger partial charge in [0, 0.05) is 0 Å². The fourth-order valence-corrected chi connectivity index (χ4v) is 3.58. The number of ether oxygens (including phenoxy) is 1. The predicted octanol–water partition coefficient (Wildman–Crippen LogP) is 4.82. The Labute approximate surface area is 139 Å². The molecule has 0 aromatic heterocycles. The molecule has 0 saturated carbocycles. The molecule has 0 heterocycles. The molecule has 1 unspecified atom stereocenters. The van der Waals surface area contributed by atoms with E-state index in [2.05, 4.69) is 13.8 Å². The first-order valence-corrected chi connectivity index (χ1v) is 9.44. The third-order valence-corrected chi connectivity index (χ3v) is 5.66. The first kappa shape index (κ1) is 17.5. The van der Waals surface area contributed by atoms with Crippen molar-refractivity contribution in [3.8, 4) is 5.75 Å². The highest BCUT2D eigenvalue weighted by molar-refractivity contribution is 7.91. The van der Waals surface area contributed by atoms with Crippen LogP contribution in [0.2, 0.25) is 0 Å². The van der Waals surface area contributed by atoms with E-state index in [0.717, 1.165) is 12.0 Å². The monoisotopic (exact) mass is 332 g/mol. The molecular formula is C19H24O3S. The van der Waals surface area contributed by atoms with Crippen LogP contribution in [0.4, 0.5) is 0 Å². The summed E-state index contributed by atoms with van der Waals surface area (Å²) >= 11 is 0. The van der Waals surface area contributed by atoms with Crippen LogP contribution in [0.25, 0.3) is 0 Å². The van der Waals surface area contributed by atoms with Gasteiger partial charge in [0.2, 0.25) is 9.84 Å². The molecule has 4 heteroatoms. The van der Waals surface area contributed by atoms with Gasteiger partial charge in [-0.2, -0.15) is 0 Å². The second-order valence-electron chi connectivity index (χ2n) is 6.02. The first-order chi connectivity index (χ1) is 10.8. The van der Waals surface area contributed by atoms with Gasteiger partial charge in [-0.3, -0.25) is 0 Å². The van der Waals surface area contributed by atoms with Crippen molar-refractivity contribution in [1.82, 2.24) is 0 Å². The van der Waals surface area contributed by atoms with Crippen LogP contribution in [0.5, 0.6) is 5.75 Å². The van der Waals surface area contributed by atoms with Crippen LogP contribution in [0.1, 0.15) is 45.6 Å². The van der Waals surface area contributed by atoms with Gasteiger partial charge in [-0.1, -0.05) is 26.0 Å². The van der Waals surface area contributed by atoms with Gasteiger partial charge in [0.05, 0.1) is 15.9 Å². The third-order valence-electron chi connectivity index (χ3n) is 3.88. The maximum Gasteiger partial charge on any atom is 0.206 e. The Hall–Kier alpha value is -1.81. The number of hydrogen-bond acceptors (Lipinski definition) is 3. The molecule has 3 nitrogen and oxygen atoms in total. The lowest BCUT2D eigenvalue weighted by Crippen LogP contribution is -2.06. The SMILES string of the molecule is CCC(C)c1ccc(S(=O)(=O)c2ccc(OC(C)C)cc2)cc1. The van der Waals surface area contributed by atoms with Gasteiger partial charge in [-0.25, -0.2) is 8.42 Å². The van der Waals surface area contributed by atoms with Gasteiger partial charge in [0.25, 0.3) is 0 Å². The molecule has 0 aliphatic carbocycles. The molecule has 2 aromatic carbocycles. The molecule has 1 atom stereocenters. The van der Waals surface area contributed by atoms with Gasteiger partial charge in [0.1, 0.15) is 5.75 Å². The standard InChI is InChI=1S/C19H24O3S/c1-5-15(4)16-6-10-18(11-7-16)23(20,21)19-12-8-17(9-13-19)22-14(2)3/h6-15H,5H2,1-4H3. The zero-order valence-electron chi connectivity index (χ0n) is 14.1. The van der Waals surface area contributed by atoms with Crippen molar-refractivity contribution in [1.29, 1.82) is 0 Å². The van der Waals surface area contributed by atoms with E-state index < -0.39 is 9.84 Å². The summed E-state index contributed by atoms with van der Waals surface area (Å²) in [6.07, 6.45) is 1.09. The minimum Gasteiger partial charge on any atom is -0.491 e. The molecule has 0 saturated heterocycles. The lowest BCUT2D eigenvalue weighted by molar-refractivity contribution is 0.242. The van der Waals surface area contributed by atoms with Crippen molar-refractivity contribution >= 4 is 9.84 Å². The molecule has 0 spiro atoms. The Morgan fingerprint density at radius 1 is 0.870 bits per heavy atom. The van der Waals surface area contributed by atoms with E-state index in [-0.39, 0.29) is 11.0 Å². The summed E-state index contributed by atoms with van der Waals surface area (Å²) in [6, 6.07) is 13.8. The lowest BCUT2D eigenvalue weighted by Gasteiger charge is -2.12. The number of benzene rings is 2. The Balaban J connectivity index is 2.27. The van der Waals surface area contributed by atoms with Crippen LogP contribution in [-0.4, -0.2) is 14.5 Å². The van der Waals surface area contributed by atoms with Gasteiger partial charge >= 0.3 is 0 Å². The van der Waals surface area contributed by atoms with Crippen molar-refractivity contribution in [3.63, 3.8) is 0 Å². The molecule has 0 fully saturated rings. The fourth-order valence-electron chi connectivity index (χ4n) is 2.32. The van der Waals surface area contributed by atoms with E-state index in [1.54, 1.807) is 36.4 Å². The van der Waals surface area contributed by atoms with Crippen LogP contribution in [0, 0.1) is 0 Å². The van der Waals surface area contributed by atoms with E-state index in [9.17, 15) is 8.42 Å². The zero-order valence-corrected chi connectivity index (χ0v) is 14.9. The smallest absolute Gasteiger partial charge is 0.206 e. The summed E-state index contributed by atoms with van der Waals surface area (Å²) in [5.74, 6) is 1.10. The molecule has 2 aromatic rings. The number of sulfone groups is 1. The summed E-state index contributed by atoms with van der Waals surface area (Å²) in [7, 11) is -3.49. The van der Waals surface area contributed by atoms with E-state index >= 15 is 0 Å². The average Bonchev–Trinajstić information content (AvgIpc) is 2.54. The summed E-state index contributed by atoms with van der Waals surface area (Å²) in [5, 5.41) is 0. The highest BCUT2D eigenvalue weighted by Gasteiger charge is 2.18. The summed E-state index contributed by atoms with van der Waals surface area (Å²) in [5.41, 5.74) is 1.16. The molecule has 0 radical (unpaired) electrons. The van der Waals surface area contributed by atoms with Crippen molar-refractivity contribution in [3.05, 3.63) is 54.1 Å². The molecule has 2 rings (SSSR count). The van der Waals surface area contributed by atoms with E-state index in [1.165, 1.54) is 0 Å². The van der Waals surface area contributed by atoms with E-state index in [1.807, 2.05) is 26.0 Å². The quantitative estimate of drug-likeness (QED) is 0.761. The Kier molecular flexibility index (Phi) is 5.47. The summed E-state index contributed by atoms with van der Waals surface area (Å²) in [6.45, 7) is 8.13. The van der Waals surface area contributed by atoms with Gasteiger partial charge in [0.15, 0.2) is 0 Å². The highest BCUT2D eigenvalue weighted by atomic mass is 32.2. The Bertz CT molecular complexity index is 729. The van der Waals surface area contributed by atoms with Crippen LogP contribution in [0.3, 0.4) is 0 Å². The van der Waals surface area contributed by atoms with Crippen molar-refractivity contribution < 1.29 is 13.2 Å². The second kappa shape index (κ2) is 7.18. The predicted molar refractivity (Wildman–Crippen MR) is 92.8 cm³/mol. The number of hydrogen-bond donors (Lipinski definition) is 0. The number of rotatable bonds is 6. The molecule has 0 bridgehead atoms. The van der Waals surface area contributed by atoms with E-state index in [0.29, 0.717) is 16.6 Å². The van der Waals surface area contributed by atoms with Crippen molar-refractivity contribution in [2.45, 2.75) is 55.9 Å². The topological polar surface area (TPSA) is 43.4 Å². The van der Waals surface area contributed by atoms with Crippen LogP contribution in [-0.2, 0) is 9.84 Å². The lowest BCUT2D eigenvalue weighted by atomic mass is 9.99. The maximum absolute atomic E-state index is 12.7. The van der Waals surface area contributed by atoms with Crippen LogP contribution in [0.15, 0.2) is 58.3 Å². The van der Waals surface area contributed by atoms with Crippen molar-refractivity contribution in [2.24, 2.45) is 0 Å². The second-order valence-corrected chi connectivity index (χ2v) is 7.97. The largest absolute Gasteiger partial charge is 0.491 e. The first-order valence-electron chi connectivity index (χ1n) is 7.96. The highest BCUT2D eigenvalue weighted by Crippen LogP contribution is 2.26. The van der Waals surface area contributed by atoms with Gasteiger partial charge < -0.3 is 4.74 Å². The fraction of sp³-hybridized carbons (Fsp3) is 0.368. The molecule has 124 valence electrons. The van der Waals surface area contributed by atoms with Gasteiger partial charge in [-0.05, 0) is 68.1 Å². The van der Waals surface area contributed by atoms with E-state index in [4.69, 9.17) is 4.74 Å². The normalized spacial score (nSPS) is 13.1. The van der Waals surface area contributed by atoms with Crippen LogP contribution < -0.4 is 4.74 Å². The third kappa shape index (κ3) is 4.14. The molecule has 0 N–H and O–H groups in total. The Morgan fingerprint density at radius 2 is 1.35 bits per heavy atom. The van der Waals surface area contributed by atoms with Gasteiger partial charge in [-0.15, -0.1) is 0 Å². The molecule has 23 heavy (non-hydrogen) atoms. The molecular weight excluding hydrogens is 308 g/mol. The summed E-state index contributed by atoms with van der Waals surface area (Å²) < 4.78 is 30.9. The Morgan fingerprint density at radius 3 is 1.78 bits per heavy atom. The maximum atomic E-state index is 12.7. The van der Waals surface area contributed by atoms with Crippen LogP contribution >= 0.6 is 0 Å². The minimum atomic E-state index is -3.49. The molecule has 0 aliphatic heterocycles. The molecule has 0 amide bonds.